The molecule has 0 aliphatic carbocycles. The molecule has 88 valence electrons. The molecule has 0 unspecified atom stereocenters. The summed E-state index contributed by atoms with van der Waals surface area (Å²) >= 11 is 0. The Bertz CT molecular complexity index is 123. The van der Waals surface area contributed by atoms with Gasteiger partial charge in [0.15, 0.2) is 0 Å². The molecular formula is C12H28NORb. The second kappa shape index (κ2) is 36.3. The van der Waals surface area contributed by atoms with Crippen LogP contribution in [0.3, 0.4) is 0 Å². The van der Waals surface area contributed by atoms with E-state index in [1.807, 2.05) is 48.5 Å². The first-order chi connectivity index (χ1) is 6.72. The zero-order valence-corrected chi connectivity index (χ0v) is 17.3. The minimum atomic E-state index is -0.132. The molecule has 0 aliphatic rings. The third-order valence-electron chi connectivity index (χ3n) is 0.973. The first-order valence-corrected chi connectivity index (χ1v) is 5.49. The predicted octanol–water partition coefficient (Wildman–Crippen LogP) is 1.57. The number of likely N-dealkylation sites (N-methyl/N-ethyl adjacent to an activating group) is 1. The van der Waals surface area contributed by atoms with Crippen LogP contribution in [0, 0.1) is 0 Å². The molecule has 0 heterocycles. The Morgan fingerprint density at radius 3 is 1.33 bits per heavy atom. The molecule has 0 N–H and O–H groups in total. The first-order valence-electron chi connectivity index (χ1n) is 5.49. The van der Waals surface area contributed by atoms with Gasteiger partial charge in [-0.3, -0.25) is 0 Å². The Morgan fingerprint density at radius 2 is 1.27 bits per heavy atom. The molecule has 0 atom stereocenters. The van der Waals surface area contributed by atoms with Crippen molar-refractivity contribution in [2.24, 2.45) is 0 Å². The molecule has 1 amide bonds. The summed E-state index contributed by atoms with van der Waals surface area (Å²) < 4.78 is 0. The molecule has 3 heteroatoms. The van der Waals surface area contributed by atoms with Gasteiger partial charge in [0.25, 0.3) is 0 Å². The van der Waals surface area contributed by atoms with Crippen molar-refractivity contribution in [3.63, 3.8) is 0 Å². The van der Waals surface area contributed by atoms with E-state index in [0.29, 0.717) is 5.57 Å². The van der Waals surface area contributed by atoms with Gasteiger partial charge in [-0.1, -0.05) is 47.6 Å². The molecule has 0 aromatic rings. The third kappa shape index (κ3) is 31.3. The Kier molecular flexibility index (Phi) is 72.0. The quantitative estimate of drug-likeness (QED) is 0.674. The Hall–Kier alpha value is 1.02. The smallest absolute Gasteiger partial charge is 0.652 e. The van der Waals surface area contributed by atoms with E-state index in [0.717, 1.165) is 0 Å². The van der Waals surface area contributed by atoms with Crippen molar-refractivity contribution < 1.29 is 63.0 Å². The zero-order chi connectivity index (χ0) is 12.6. The number of nitrogens with zero attached hydrogens (tertiary/aromatic N) is 1. The van der Waals surface area contributed by atoms with E-state index in [2.05, 4.69) is 5.32 Å². The molecule has 15 heavy (non-hydrogen) atoms. The van der Waals surface area contributed by atoms with Gasteiger partial charge in [-0.25, -0.2) is 0 Å². The second-order valence-electron chi connectivity index (χ2n) is 1.50. The monoisotopic (exact) mass is 287 g/mol. The average molecular weight is 288 g/mol. The zero-order valence-electron chi connectivity index (χ0n) is 12.4. The van der Waals surface area contributed by atoms with Crippen LogP contribution in [0.25, 0.3) is 5.32 Å². The molecule has 0 saturated carbocycles. The summed E-state index contributed by atoms with van der Waals surface area (Å²) in [6.45, 7) is 15.6. The van der Waals surface area contributed by atoms with Gasteiger partial charge in [-0.15, -0.1) is 7.05 Å². The average Bonchev–Trinajstić information content (AvgIpc) is 2.34. The summed E-state index contributed by atoms with van der Waals surface area (Å²) in [5, 5.41) is 3.45. The van der Waals surface area contributed by atoms with Gasteiger partial charge in [0.1, 0.15) is 0 Å². The van der Waals surface area contributed by atoms with Crippen LogP contribution >= 0.6 is 0 Å². The third-order valence-corrected chi connectivity index (χ3v) is 0.973. The molecule has 0 spiro atoms. The van der Waals surface area contributed by atoms with Crippen LogP contribution in [0.2, 0.25) is 0 Å². The van der Waals surface area contributed by atoms with Crippen LogP contribution in [-0.4, -0.2) is 13.0 Å². The molecule has 2 nitrogen and oxygen atoms in total. The van der Waals surface area contributed by atoms with Crippen molar-refractivity contribution in [2.45, 2.75) is 55.4 Å². The fourth-order valence-electron chi connectivity index (χ4n) is 0.300. The number of allylic oxidation sites excluding steroid dienone is 1. The van der Waals surface area contributed by atoms with Crippen molar-refractivity contribution in [2.75, 3.05) is 7.05 Å². The van der Waals surface area contributed by atoms with Crippen LogP contribution in [-0.2, 0) is 4.79 Å². The van der Waals surface area contributed by atoms with Gasteiger partial charge in [-0.2, -0.15) is 0 Å². The van der Waals surface area contributed by atoms with Crippen LogP contribution in [0.4, 0.5) is 0 Å². The maximum atomic E-state index is 10.5. The molecule has 0 aromatic heterocycles. The summed E-state index contributed by atoms with van der Waals surface area (Å²) in [5.41, 5.74) is 0.701. The van der Waals surface area contributed by atoms with Crippen molar-refractivity contribution in [3.8, 4) is 0 Å². The summed E-state index contributed by atoms with van der Waals surface area (Å²) in [6, 6.07) is 0. The molecule has 0 bridgehead atoms. The topological polar surface area (TPSA) is 31.2 Å². The largest absolute Gasteiger partial charge is 1.00 e. The maximum absolute atomic E-state index is 10.5. The van der Waals surface area contributed by atoms with Crippen molar-refractivity contribution in [3.05, 3.63) is 17.0 Å². The number of amides is 1. The summed E-state index contributed by atoms with van der Waals surface area (Å²) in [7, 11) is 1.50. The Labute approximate surface area is 146 Å². The van der Waals surface area contributed by atoms with E-state index >= 15 is 0 Å². The second-order valence-corrected chi connectivity index (χ2v) is 1.50. The van der Waals surface area contributed by atoms with Gasteiger partial charge in [0.2, 0.25) is 0 Å². The fraction of sp³-hybridized carbons (Fsp3) is 0.750. The van der Waals surface area contributed by atoms with Gasteiger partial charge >= 0.3 is 58.2 Å². The molecule has 0 fully saturated rings. The SMILES string of the molecule is C/C=C(/C)C(=O)[N-]C.CC.CC.CC.[Rb+]. The molecule has 0 aliphatic heterocycles. The van der Waals surface area contributed by atoms with Crippen LogP contribution < -0.4 is 58.2 Å². The minimum Gasteiger partial charge on any atom is -0.652 e. The minimum absolute atomic E-state index is 0. The summed E-state index contributed by atoms with van der Waals surface area (Å²) in [5.74, 6) is -0.132. The molecule has 0 rings (SSSR count). The number of hydrogen-bond donors (Lipinski definition) is 0. The number of rotatable bonds is 1. The molecule has 0 radical (unpaired) electrons. The Morgan fingerprint density at radius 1 is 1.00 bits per heavy atom. The first kappa shape index (κ1) is 29.8. The molecular weight excluding hydrogens is 260 g/mol. The van der Waals surface area contributed by atoms with Crippen molar-refractivity contribution >= 4 is 5.91 Å². The number of carbonyl (C=O) groups excluding carboxylic acids is 1. The van der Waals surface area contributed by atoms with Gasteiger partial charge in [0, 0.05) is 0 Å². The van der Waals surface area contributed by atoms with Gasteiger partial charge < -0.3 is 10.1 Å². The van der Waals surface area contributed by atoms with Crippen LogP contribution in [0.1, 0.15) is 55.4 Å². The standard InChI is InChI=1S/C6H11NO.3C2H6.Rb/c1-4-5(2)6(8)7-3;3*1-2;/h4H,1-3H3,(H,7,8);3*1-2H3;/q;;;;+1/p-1/b5-4-;;;;. The van der Waals surface area contributed by atoms with E-state index in [-0.39, 0.29) is 64.1 Å². The van der Waals surface area contributed by atoms with Crippen molar-refractivity contribution in [1.82, 2.24) is 0 Å². The fourth-order valence-corrected chi connectivity index (χ4v) is 0.300. The van der Waals surface area contributed by atoms with E-state index < -0.39 is 0 Å². The van der Waals surface area contributed by atoms with E-state index in [9.17, 15) is 4.79 Å². The summed E-state index contributed by atoms with van der Waals surface area (Å²) in [6.07, 6.45) is 1.75. The van der Waals surface area contributed by atoms with Crippen molar-refractivity contribution in [1.29, 1.82) is 0 Å². The van der Waals surface area contributed by atoms with E-state index in [1.165, 1.54) is 7.05 Å². The molecule has 0 aromatic carbocycles. The number of hydrogen-bond acceptors (Lipinski definition) is 1. The normalized spacial score (nSPS) is 7.13. The number of carbonyl (C=O) groups is 1. The van der Waals surface area contributed by atoms with E-state index in [4.69, 9.17) is 0 Å². The van der Waals surface area contributed by atoms with Crippen LogP contribution in [0.5, 0.6) is 0 Å². The molecule has 0 saturated heterocycles. The Balaban J connectivity index is -0.0000000410. The summed E-state index contributed by atoms with van der Waals surface area (Å²) in [4.78, 5) is 10.5. The van der Waals surface area contributed by atoms with E-state index in [1.54, 1.807) is 13.0 Å². The van der Waals surface area contributed by atoms with Gasteiger partial charge in [0.05, 0.1) is 5.91 Å². The van der Waals surface area contributed by atoms with Crippen LogP contribution in [0.15, 0.2) is 11.6 Å². The van der Waals surface area contributed by atoms with Gasteiger partial charge in [-0.05, 0) is 19.4 Å². The maximum Gasteiger partial charge on any atom is 1.00 e. The predicted molar refractivity (Wildman–Crippen MR) is 67.8 cm³/mol.